The monoisotopic (exact) mass is 451 g/mol. The maximum atomic E-state index is 14.7. The van der Waals surface area contributed by atoms with E-state index in [4.69, 9.17) is 4.74 Å². The molecule has 1 heterocycles. The van der Waals surface area contributed by atoms with E-state index in [0.717, 1.165) is 56.4 Å². The summed E-state index contributed by atoms with van der Waals surface area (Å²) in [7, 11) is 1.73. The highest BCUT2D eigenvalue weighted by Crippen LogP contribution is 2.44. The molecule has 1 aromatic carbocycles. The van der Waals surface area contributed by atoms with Gasteiger partial charge in [0.05, 0.1) is 24.3 Å². The van der Waals surface area contributed by atoms with Crippen LogP contribution in [0.15, 0.2) is 36.5 Å². The van der Waals surface area contributed by atoms with Gasteiger partial charge in [0.15, 0.2) is 0 Å². The van der Waals surface area contributed by atoms with E-state index in [-0.39, 0.29) is 11.2 Å². The summed E-state index contributed by atoms with van der Waals surface area (Å²) in [5, 5.41) is 19.8. The summed E-state index contributed by atoms with van der Waals surface area (Å²) in [5.74, 6) is 0.365. The summed E-state index contributed by atoms with van der Waals surface area (Å²) >= 11 is 0. The van der Waals surface area contributed by atoms with E-state index < -0.39 is 0 Å². The van der Waals surface area contributed by atoms with Crippen LogP contribution in [0.25, 0.3) is 11.1 Å². The highest BCUT2D eigenvalue weighted by atomic mass is 19.1. The maximum Gasteiger partial charge on any atom is 0.149 e. The molecule has 0 radical (unpaired) electrons. The highest BCUT2D eigenvalue weighted by molar-refractivity contribution is 5.70. The lowest BCUT2D eigenvalue weighted by Crippen LogP contribution is -2.42. The number of benzene rings is 1. The molecule has 1 atom stereocenters. The number of halogens is 1. The van der Waals surface area contributed by atoms with Crippen LogP contribution in [-0.2, 0) is 4.74 Å². The average Bonchev–Trinajstić information content (AvgIpc) is 3.61. The summed E-state index contributed by atoms with van der Waals surface area (Å²) in [4.78, 5) is 4.29. The molecule has 2 aromatic rings. The second-order valence-electron chi connectivity index (χ2n) is 9.59. The van der Waals surface area contributed by atoms with E-state index in [1.165, 1.54) is 6.20 Å². The molecule has 0 aliphatic heterocycles. The second-order valence-corrected chi connectivity index (χ2v) is 9.59. The van der Waals surface area contributed by atoms with Crippen molar-refractivity contribution in [2.75, 3.05) is 30.9 Å². The number of hydrogen-bond acceptors (Lipinski definition) is 6. The number of anilines is 2. The van der Waals surface area contributed by atoms with Crippen molar-refractivity contribution in [2.45, 2.75) is 63.6 Å². The number of methoxy groups -OCH3 is 1. The largest absolute Gasteiger partial charge is 0.383 e. The Bertz CT molecular complexity index is 979. The van der Waals surface area contributed by atoms with E-state index in [2.05, 4.69) is 33.9 Å². The van der Waals surface area contributed by atoms with Gasteiger partial charge < -0.3 is 20.7 Å². The molecular formula is C26H34FN5O. The van der Waals surface area contributed by atoms with Crippen LogP contribution in [0.2, 0.25) is 0 Å². The lowest BCUT2D eigenvalue weighted by molar-refractivity contribution is 0.161. The number of ether oxygens (including phenoxy) is 1. The fraction of sp³-hybridized carbons (Fsp3) is 0.538. The first kappa shape index (κ1) is 23.5. The van der Waals surface area contributed by atoms with Gasteiger partial charge in [0.1, 0.15) is 11.6 Å². The minimum absolute atomic E-state index is 0.231. The number of pyridine rings is 1. The molecule has 0 unspecified atom stereocenters. The zero-order valence-electron chi connectivity index (χ0n) is 19.5. The standard InChI is InChI=1S/C26H34FN5O/c1-18(15-33-2)31-20-6-8-21(9-7-20)32-25-13-23(24(27)14-29-25)19-4-3-5-22(12-19)30-17-26(16-28)10-11-26/h3-5,12-14,18,20-21,30-31H,6-11,15,17H2,1-2H3,(H,29,32)/t18-,20?,21?/m1/s1. The molecule has 3 N–H and O–H groups in total. The van der Waals surface area contributed by atoms with Gasteiger partial charge >= 0.3 is 0 Å². The lowest BCUT2D eigenvalue weighted by Gasteiger charge is -2.31. The van der Waals surface area contributed by atoms with E-state index in [1.54, 1.807) is 13.2 Å². The van der Waals surface area contributed by atoms with E-state index >= 15 is 0 Å². The van der Waals surface area contributed by atoms with Crippen LogP contribution in [0.4, 0.5) is 15.9 Å². The first-order valence-corrected chi connectivity index (χ1v) is 11.9. The molecule has 0 saturated heterocycles. The molecule has 0 amide bonds. The molecule has 2 saturated carbocycles. The smallest absolute Gasteiger partial charge is 0.149 e. The molecule has 176 valence electrons. The number of nitrogens with one attached hydrogen (secondary N) is 3. The molecule has 6 nitrogen and oxygen atoms in total. The Kier molecular flexibility index (Phi) is 7.46. The van der Waals surface area contributed by atoms with E-state index in [9.17, 15) is 9.65 Å². The van der Waals surface area contributed by atoms with Crippen molar-refractivity contribution in [3.63, 3.8) is 0 Å². The molecule has 2 aliphatic carbocycles. The minimum atomic E-state index is -0.339. The zero-order chi connectivity index (χ0) is 23.3. The first-order chi connectivity index (χ1) is 16.0. The third-order valence-electron chi connectivity index (χ3n) is 6.77. The molecule has 7 heteroatoms. The fourth-order valence-corrected chi connectivity index (χ4v) is 4.60. The first-order valence-electron chi connectivity index (χ1n) is 11.9. The van der Waals surface area contributed by atoms with Gasteiger partial charge in [-0.05, 0) is 69.2 Å². The minimum Gasteiger partial charge on any atom is -0.383 e. The Balaban J connectivity index is 1.37. The summed E-state index contributed by atoms with van der Waals surface area (Å²) in [6.45, 7) is 3.49. The summed E-state index contributed by atoms with van der Waals surface area (Å²) in [6, 6.07) is 13.1. The third kappa shape index (κ3) is 6.21. The van der Waals surface area contributed by atoms with Crippen molar-refractivity contribution >= 4 is 11.5 Å². The van der Waals surface area contributed by atoms with Crippen LogP contribution in [0, 0.1) is 22.6 Å². The molecule has 2 aliphatic rings. The molecule has 33 heavy (non-hydrogen) atoms. The van der Waals surface area contributed by atoms with Crippen molar-refractivity contribution in [1.29, 1.82) is 5.26 Å². The Morgan fingerprint density at radius 2 is 1.97 bits per heavy atom. The van der Waals surface area contributed by atoms with Crippen molar-refractivity contribution in [3.8, 4) is 17.2 Å². The molecule has 4 rings (SSSR count). The lowest BCUT2D eigenvalue weighted by atomic mass is 9.90. The Labute approximate surface area is 195 Å². The topological polar surface area (TPSA) is 82.0 Å². The third-order valence-corrected chi connectivity index (χ3v) is 6.77. The van der Waals surface area contributed by atoms with Crippen molar-refractivity contribution in [2.24, 2.45) is 5.41 Å². The molecular weight excluding hydrogens is 417 g/mol. The van der Waals surface area contributed by atoms with Gasteiger partial charge in [-0.2, -0.15) is 5.26 Å². The molecule has 2 fully saturated rings. The Hall–Kier alpha value is -2.69. The summed E-state index contributed by atoms with van der Waals surface area (Å²) in [6.07, 6.45) is 7.46. The maximum absolute atomic E-state index is 14.7. The highest BCUT2D eigenvalue weighted by Gasteiger charge is 2.42. The predicted octanol–water partition coefficient (Wildman–Crippen LogP) is 4.95. The van der Waals surface area contributed by atoms with Crippen LogP contribution in [-0.4, -0.2) is 43.4 Å². The van der Waals surface area contributed by atoms with Gasteiger partial charge in [-0.1, -0.05) is 12.1 Å². The number of aromatic nitrogens is 1. The Morgan fingerprint density at radius 1 is 1.21 bits per heavy atom. The summed E-state index contributed by atoms with van der Waals surface area (Å²) < 4.78 is 19.9. The quantitative estimate of drug-likeness (QED) is 0.474. The average molecular weight is 452 g/mol. The van der Waals surface area contributed by atoms with Crippen LogP contribution >= 0.6 is 0 Å². The molecule has 0 bridgehead atoms. The van der Waals surface area contributed by atoms with Crippen LogP contribution < -0.4 is 16.0 Å². The van der Waals surface area contributed by atoms with E-state index in [1.807, 2.05) is 24.3 Å². The van der Waals surface area contributed by atoms with E-state index in [0.29, 0.717) is 36.1 Å². The zero-order valence-corrected chi connectivity index (χ0v) is 19.5. The molecule has 1 aromatic heterocycles. The van der Waals surface area contributed by atoms with Gasteiger partial charge in [0.2, 0.25) is 0 Å². The van der Waals surface area contributed by atoms with Gasteiger partial charge in [0.25, 0.3) is 0 Å². The SMILES string of the molecule is COC[C@@H](C)NC1CCC(Nc2cc(-c3cccc(NCC4(C#N)CC4)c3)c(F)cn2)CC1. The second kappa shape index (κ2) is 10.5. The number of nitriles is 1. The normalized spacial score (nSPS) is 22.2. The fourth-order valence-electron chi connectivity index (χ4n) is 4.60. The number of nitrogens with zero attached hydrogens (tertiary/aromatic N) is 2. The van der Waals surface area contributed by atoms with Gasteiger partial charge in [-0.15, -0.1) is 0 Å². The summed E-state index contributed by atoms with van der Waals surface area (Å²) in [5.41, 5.74) is 1.99. The molecule has 0 spiro atoms. The van der Waals surface area contributed by atoms with Gasteiger partial charge in [0, 0.05) is 43.0 Å². The van der Waals surface area contributed by atoms with Crippen LogP contribution in [0.3, 0.4) is 0 Å². The number of rotatable bonds is 10. The van der Waals surface area contributed by atoms with Crippen molar-refractivity contribution < 1.29 is 9.13 Å². The van der Waals surface area contributed by atoms with Crippen molar-refractivity contribution in [3.05, 3.63) is 42.3 Å². The van der Waals surface area contributed by atoms with Gasteiger partial charge in [-0.25, -0.2) is 9.37 Å². The van der Waals surface area contributed by atoms with Crippen molar-refractivity contribution in [1.82, 2.24) is 10.3 Å². The van der Waals surface area contributed by atoms with Crippen LogP contribution in [0.5, 0.6) is 0 Å². The van der Waals surface area contributed by atoms with Crippen LogP contribution in [0.1, 0.15) is 45.4 Å². The predicted molar refractivity (Wildman–Crippen MR) is 130 cm³/mol. The number of hydrogen-bond donors (Lipinski definition) is 3. The van der Waals surface area contributed by atoms with Gasteiger partial charge in [-0.3, -0.25) is 0 Å². The Morgan fingerprint density at radius 3 is 2.67 bits per heavy atom.